The second-order valence-electron chi connectivity index (χ2n) is 4.86. The van der Waals surface area contributed by atoms with Crippen LogP contribution in [0.25, 0.3) is 0 Å². The Balaban J connectivity index is 2.14. The molecule has 24 heavy (non-hydrogen) atoms. The summed E-state index contributed by atoms with van der Waals surface area (Å²) in [5, 5.41) is 15.9. The van der Waals surface area contributed by atoms with Gasteiger partial charge in [-0.05, 0) is 25.1 Å². The molecular weight excluding hydrogens is 314 g/mol. The molecule has 0 saturated heterocycles. The van der Waals surface area contributed by atoms with E-state index in [-0.39, 0.29) is 22.9 Å². The van der Waals surface area contributed by atoms with Crippen molar-refractivity contribution in [2.45, 2.75) is 6.92 Å². The molecule has 0 unspecified atom stereocenters. The van der Waals surface area contributed by atoms with Gasteiger partial charge in [0.15, 0.2) is 5.78 Å². The number of nitrogens with one attached hydrogen (secondary N) is 2. The predicted octanol–water partition coefficient (Wildman–Crippen LogP) is 3.45. The highest BCUT2D eigenvalue weighted by molar-refractivity contribution is 6.02. The van der Waals surface area contributed by atoms with Crippen LogP contribution in [0.1, 0.15) is 17.3 Å². The molecule has 2 aromatic rings. The molecule has 0 fully saturated rings. The summed E-state index contributed by atoms with van der Waals surface area (Å²) >= 11 is 0. The van der Waals surface area contributed by atoms with E-state index in [1.807, 2.05) is 0 Å². The van der Waals surface area contributed by atoms with E-state index < -0.39 is 11.0 Å². The minimum absolute atomic E-state index is 0.115. The van der Waals surface area contributed by atoms with Gasteiger partial charge in [0.25, 0.3) is 5.69 Å². The van der Waals surface area contributed by atoms with Crippen LogP contribution < -0.4 is 15.4 Å². The molecule has 2 N–H and O–H groups in total. The average Bonchev–Trinajstić information content (AvgIpc) is 2.55. The SMILES string of the molecule is COc1cc([N+](=O)[O-])ccc1NC(=O)Nc1cccc(C(C)=O)c1. The maximum absolute atomic E-state index is 12.1. The van der Waals surface area contributed by atoms with E-state index in [4.69, 9.17) is 4.74 Å². The first-order valence-electron chi connectivity index (χ1n) is 6.92. The lowest BCUT2D eigenvalue weighted by Gasteiger charge is -2.11. The third-order valence-corrected chi connectivity index (χ3v) is 3.17. The summed E-state index contributed by atoms with van der Waals surface area (Å²) in [4.78, 5) is 33.6. The van der Waals surface area contributed by atoms with E-state index in [2.05, 4.69) is 10.6 Å². The van der Waals surface area contributed by atoms with Gasteiger partial charge in [-0.25, -0.2) is 4.79 Å². The molecule has 0 aliphatic heterocycles. The third-order valence-electron chi connectivity index (χ3n) is 3.17. The standard InChI is InChI=1S/C16H15N3O5/c1-10(20)11-4-3-5-12(8-11)17-16(21)18-14-7-6-13(19(22)23)9-15(14)24-2/h3-9H,1-2H3,(H2,17,18,21). The van der Waals surface area contributed by atoms with Crippen molar-refractivity contribution in [1.29, 1.82) is 0 Å². The molecular formula is C16H15N3O5. The molecule has 124 valence electrons. The number of hydrogen-bond donors (Lipinski definition) is 2. The number of nitro groups is 1. The highest BCUT2D eigenvalue weighted by Crippen LogP contribution is 2.29. The second-order valence-corrected chi connectivity index (χ2v) is 4.86. The Morgan fingerprint density at radius 1 is 1.12 bits per heavy atom. The molecule has 8 heteroatoms. The van der Waals surface area contributed by atoms with Crippen molar-refractivity contribution in [3.8, 4) is 5.75 Å². The van der Waals surface area contributed by atoms with Crippen LogP contribution in [0.4, 0.5) is 21.9 Å². The van der Waals surface area contributed by atoms with Gasteiger partial charge >= 0.3 is 6.03 Å². The van der Waals surface area contributed by atoms with Gasteiger partial charge in [-0.3, -0.25) is 14.9 Å². The predicted molar refractivity (Wildman–Crippen MR) is 88.7 cm³/mol. The van der Waals surface area contributed by atoms with Gasteiger partial charge in [-0.15, -0.1) is 0 Å². The average molecular weight is 329 g/mol. The Labute approximate surface area is 137 Å². The largest absolute Gasteiger partial charge is 0.494 e. The number of ketones is 1. The minimum Gasteiger partial charge on any atom is -0.494 e. The molecule has 0 bridgehead atoms. The van der Waals surface area contributed by atoms with Crippen molar-refractivity contribution in [3.63, 3.8) is 0 Å². The highest BCUT2D eigenvalue weighted by atomic mass is 16.6. The third kappa shape index (κ3) is 4.07. The first-order valence-corrected chi connectivity index (χ1v) is 6.92. The molecule has 0 radical (unpaired) electrons. The number of amides is 2. The van der Waals surface area contributed by atoms with Crippen LogP contribution in [0.15, 0.2) is 42.5 Å². The summed E-state index contributed by atoms with van der Waals surface area (Å²) in [5.74, 6) is 0.0490. The number of rotatable bonds is 5. The fraction of sp³-hybridized carbons (Fsp3) is 0.125. The number of nitro benzene ring substituents is 1. The van der Waals surface area contributed by atoms with E-state index in [1.165, 1.54) is 32.2 Å². The lowest BCUT2D eigenvalue weighted by Crippen LogP contribution is -2.20. The number of ether oxygens (including phenoxy) is 1. The van der Waals surface area contributed by atoms with Crippen molar-refractivity contribution in [2.75, 3.05) is 17.7 Å². The quantitative estimate of drug-likeness (QED) is 0.496. The number of methoxy groups -OCH3 is 1. The Morgan fingerprint density at radius 2 is 1.88 bits per heavy atom. The number of carbonyl (C=O) groups excluding carboxylic acids is 2. The van der Waals surface area contributed by atoms with E-state index >= 15 is 0 Å². The van der Waals surface area contributed by atoms with Crippen LogP contribution in [-0.4, -0.2) is 23.8 Å². The molecule has 0 heterocycles. The minimum atomic E-state index is -0.567. The normalized spacial score (nSPS) is 9.92. The van der Waals surface area contributed by atoms with Crippen LogP contribution in [0.5, 0.6) is 5.75 Å². The number of Topliss-reactive ketones (excluding diaryl/α,β-unsaturated/α-hetero) is 1. The maximum Gasteiger partial charge on any atom is 0.323 e. The molecule has 0 atom stereocenters. The van der Waals surface area contributed by atoms with Crippen LogP contribution in [0.2, 0.25) is 0 Å². The molecule has 0 aliphatic carbocycles. The van der Waals surface area contributed by atoms with Crippen molar-refractivity contribution in [2.24, 2.45) is 0 Å². The van der Waals surface area contributed by atoms with Gasteiger partial charge in [0, 0.05) is 17.3 Å². The molecule has 8 nitrogen and oxygen atoms in total. The maximum atomic E-state index is 12.1. The summed E-state index contributed by atoms with van der Waals surface area (Å²) in [6.45, 7) is 1.43. The van der Waals surface area contributed by atoms with E-state index in [0.717, 1.165) is 0 Å². The Kier molecular flexibility index (Phi) is 5.10. The summed E-state index contributed by atoms with van der Waals surface area (Å²) in [6, 6.07) is 9.77. The number of nitrogens with zero attached hydrogens (tertiary/aromatic N) is 1. The summed E-state index contributed by atoms with van der Waals surface area (Å²) in [6.07, 6.45) is 0. The van der Waals surface area contributed by atoms with E-state index in [9.17, 15) is 19.7 Å². The number of benzene rings is 2. The van der Waals surface area contributed by atoms with Crippen molar-refractivity contribution in [1.82, 2.24) is 0 Å². The summed E-state index contributed by atoms with van der Waals surface area (Å²) < 4.78 is 5.05. The fourth-order valence-corrected chi connectivity index (χ4v) is 2.00. The molecule has 2 aromatic carbocycles. The second kappa shape index (κ2) is 7.23. The van der Waals surface area contributed by atoms with Gasteiger partial charge in [-0.1, -0.05) is 12.1 Å². The zero-order chi connectivity index (χ0) is 17.7. The Bertz CT molecular complexity index is 804. The van der Waals surface area contributed by atoms with Gasteiger partial charge in [0.1, 0.15) is 5.75 Å². The van der Waals surface area contributed by atoms with Gasteiger partial charge in [-0.2, -0.15) is 0 Å². The molecule has 0 saturated carbocycles. The first kappa shape index (κ1) is 16.9. The van der Waals surface area contributed by atoms with Crippen molar-refractivity contribution >= 4 is 28.9 Å². The Morgan fingerprint density at radius 3 is 2.50 bits per heavy atom. The molecule has 0 aromatic heterocycles. The smallest absolute Gasteiger partial charge is 0.323 e. The number of non-ortho nitro benzene ring substituents is 1. The van der Waals surface area contributed by atoms with Crippen LogP contribution in [-0.2, 0) is 0 Å². The summed E-state index contributed by atoms with van der Waals surface area (Å²) in [5.41, 5.74) is 1.05. The number of carbonyl (C=O) groups is 2. The molecule has 0 spiro atoms. The summed E-state index contributed by atoms with van der Waals surface area (Å²) in [7, 11) is 1.35. The van der Waals surface area contributed by atoms with Gasteiger partial charge < -0.3 is 15.4 Å². The molecule has 0 aliphatic rings. The van der Waals surface area contributed by atoms with Gasteiger partial charge in [0.2, 0.25) is 0 Å². The van der Waals surface area contributed by atoms with E-state index in [0.29, 0.717) is 11.3 Å². The fourth-order valence-electron chi connectivity index (χ4n) is 2.00. The van der Waals surface area contributed by atoms with Gasteiger partial charge in [0.05, 0.1) is 23.8 Å². The van der Waals surface area contributed by atoms with Crippen LogP contribution >= 0.6 is 0 Å². The highest BCUT2D eigenvalue weighted by Gasteiger charge is 2.13. The lowest BCUT2D eigenvalue weighted by molar-refractivity contribution is -0.384. The number of anilines is 2. The number of urea groups is 1. The zero-order valence-corrected chi connectivity index (χ0v) is 13.0. The first-order chi connectivity index (χ1) is 11.4. The monoisotopic (exact) mass is 329 g/mol. The van der Waals surface area contributed by atoms with Crippen molar-refractivity contribution in [3.05, 3.63) is 58.1 Å². The van der Waals surface area contributed by atoms with Crippen molar-refractivity contribution < 1.29 is 19.2 Å². The van der Waals surface area contributed by atoms with Crippen LogP contribution in [0.3, 0.4) is 0 Å². The van der Waals surface area contributed by atoms with Crippen LogP contribution in [0, 0.1) is 10.1 Å². The topological polar surface area (TPSA) is 111 Å². The lowest BCUT2D eigenvalue weighted by atomic mass is 10.1. The number of hydrogen-bond acceptors (Lipinski definition) is 5. The van der Waals surface area contributed by atoms with E-state index in [1.54, 1.807) is 24.3 Å². The Hall–Kier alpha value is -3.42. The molecule has 2 amide bonds. The molecule has 2 rings (SSSR count). The zero-order valence-electron chi connectivity index (χ0n) is 13.0.